The molecule has 2 aromatic rings. The van der Waals surface area contributed by atoms with Crippen molar-refractivity contribution in [1.82, 2.24) is 4.90 Å². The number of ether oxygens (including phenoxy) is 2. The van der Waals surface area contributed by atoms with Crippen LogP contribution in [0.25, 0.3) is 0 Å². The molecule has 0 saturated heterocycles. The fourth-order valence-corrected chi connectivity index (χ4v) is 2.35. The Balaban J connectivity index is 2.02. The van der Waals surface area contributed by atoms with E-state index < -0.39 is 0 Å². The second-order valence-electron chi connectivity index (χ2n) is 6.41. The van der Waals surface area contributed by atoms with Crippen LogP contribution in [0.1, 0.15) is 19.4 Å². The molecule has 0 spiro atoms. The molecule has 0 heterocycles. The maximum absolute atomic E-state index is 12.2. The molecule has 1 N–H and O–H groups in total. The molecule has 0 aliphatic rings. The molecule has 25 heavy (non-hydrogen) atoms. The van der Waals surface area contributed by atoms with Crippen molar-refractivity contribution >= 4 is 5.97 Å². The van der Waals surface area contributed by atoms with Gasteiger partial charge in [-0.15, -0.1) is 0 Å². The van der Waals surface area contributed by atoms with E-state index >= 15 is 0 Å². The number of likely N-dealkylation sites (N-methyl/N-ethyl adjacent to an activating group) is 1. The largest absolute Gasteiger partial charge is 0.508 e. The van der Waals surface area contributed by atoms with E-state index in [2.05, 4.69) is 0 Å². The standard InChI is InChI=1S/C20H25NO4/c1-14(2)24-20(23)19(21(3)4)13-15-5-9-17(10-6-15)25-18-11-7-16(22)8-12-18/h5-12,14,19,22H,13H2,1-4H3/t19-/m0/s1. The number of benzene rings is 2. The van der Waals surface area contributed by atoms with E-state index in [0.29, 0.717) is 17.9 Å². The predicted octanol–water partition coefficient (Wildman–Crippen LogP) is 3.61. The van der Waals surface area contributed by atoms with Crippen molar-refractivity contribution in [2.24, 2.45) is 0 Å². The van der Waals surface area contributed by atoms with E-state index in [1.807, 2.05) is 57.1 Å². The van der Waals surface area contributed by atoms with Gasteiger partial charge >= 0.3 is 5.97 Å². The van der Waals surface area contributed by atoms with Crippen LogP contribution in [-0.2, 0) is 16.0 Å². The number of phenolic OH excluding ortho intramolecular Hbond substituents is 1. The Morgan fingerprint density at radius 3 is 2.00 bits per heavy atom. The third kappa shape index (κ3) is 5.80. The minimum atomic E-state index is -0.328. The zero-order valence-electron chi connectivity index (χ0n) is 15.1. The second kappa shape index (κ2) is 8.53. The van der Waals surface area contributed by atoms with Crippen molar-refractivity contribution in [3.8, 4) is 17.2 Å². The third-order valence-corrected chi connectivity index (χ3v) is 3.67. The average molecular weight is 343 g/mol. The van der Waals surface area contributed by atoms with E-state index in [0.717, 1.165) is 5.56 Å². The van der Waals surface area contributed by atoms with Gasteiger partial charge in [-0.3, -0.25) is 9.69 Å². The van der Waals surface area contributed by atoms with Gasteiger partial charge in [-0.1, -0.05) is 12.1 Å². The highest BCUT2D eigenvalue weighted by molar-refractivity contribution is 5.76. The van der Waals surface area contributed by atoms with Crippen LogP contribution in [0.5, 0.6) is 17.2 Å². The molecule has 0 bridgehead atoms. The quantitative estimate of drug-likeness (QED) is 0.778. The van der Waals surface area contributed by atoms with E-state index in [9.17, 15) is 9.90 Å². The normalized spacial score (nSPS) is 12.2. The molecule has 5 nitrogen and oxygen atoms in total. The zero-order valence-corrected chi connectivity index (χ0v) is 15.1. The van der Waals surface area contributed by atoms with Gasteiger partial charge in [0.1, 0.15) is 23.3 Å². The summed E-state index contributed by atoms with van der Waals surface area (Å²) in [5.74, 6) is 1.33. The van der Waals surface area contributed by atoms with Crippen LogP contribution < -0.4 is 4.74 Å². The molecule has 0 fully saturated rings. The Morgan fingerprint density at radius 2 is 1.52 bits per heavy atom. The van der Waals surface area contributed by atoms with Gasteiger partial charge in [0.25, 0.3) is 0 Å². The fraction of sp³-hybridized carbons (Fsp3) is 0.350. The molecule has 2 rings (SSSR count). The minimum absolute atomic E-state index is 0.129. The van der Waals surface area contributed by atoms with Crippen molar-refractivity contribution in [2.45, 2.75) is 32.4 Å². The van der Waals surface area contributed by atoms with Gasteiger partial charge < -0.3 is 14.6 Å². The number of esters is 1. The molecule has 0 unspecified atom stereocenters. The van der Waals surface area contributed by atoms with Gasteiger partial charge in [0.15, 0.2) is 0 Å². The molecule has 134 valence electrons. The lowest BCUT2D eigenvalue weighted by Crippen LogP contribution is -2.39. The second-order valence-corrected chi connectivity index (χ2v) is 6.41. The lowest BCUT2D eigenvalue weighted by Gasteiger charge is -2.23. The molecule has 0 aliphatic heterocycles. The van der Waals surface area contributed by atoms with Gasteiger partial charge in [0, 0.05) is 0 Å². The monoisotopic (exact) mass is 343 g/mol. The summed E-state index contributed by atoms with van der Waals surface area (Å²) < 4.78 is 11.1. The molecule has 0 aromatic heterocycles. The maximum atomic E-state index is 12.2. The average Bonchev–Trinajstić information content (AvgIpc) is 2.55. The Kier molecular flexibility index (Phi) is 6.42. The first-order valence-electron chi connectivity index (χ1n) is 8.28. The summed E-state index contributed by atoms with van der Waals surface area (Å²) in [6.45, 7) is 3.69. The number of carbonyl (C=O) groups excluding carboxylic acids is 1. The Morgan fingerprint density at radius 1 is 1.00 bits per heavy atom. The lowest BCUT2D eigenvalue weighted by atomic mass is 10.1. The van der Waals surface area contributed by atoms with Crippen LogP contribution in [0.15, 0.2) is 48.5 Å². The number of nitrogens with zero attached hydrogens (tertiary/aromatic N) is 1. The van der Waals surface area contributed by atoms with E-state index in [-0.39, 0.29) is 23.9 Å². The van der Waals surface area contributed by atoms with E-state index in [1.165, 1.54) is 0 Å². The molecule has 1 atom stereocenters. The zero-order chi connectivity index (χ0) is 18.4. The SMILES string of the molecule is CC(C)OC(=O)[C@H](Cc1ccc(Oc2ccc(O)cc2)cc1)N(C)C. The molecular weight excluding hydrogens is 318 g/mol. The summed E-state index contributed by atoms with van der Waals surface area (Å²) in [5, 5.41) is 9.29. The third-order valence-electron chi connectivity index (χ3n) is 3.67. The maximum Gasteiger partial charge on any atom is 0.323 e. The summed E-state index contributed by atoms with van der Waals surface area (Å²) in [5.41, 5.74) is 1.03. The van der Waals surface area contributed by atoms with Crippen molar-refractivity contribution in [1.29, 1.82) is 0 Å². The van der Waals surface area contributed by atoms with Gasteiger partial charge in [-0.2, -0.15) is 0 Å². The van der Waals surface area contributed by atoms with Crippen molar-refractivity contribution in [3.05, 3.63) is 54.1 Å². The first-order chi connectivity index (χ1) is 11.8. The highest BCUT2D eigenvalue weighted by atomic mass is 16.5. The van der Waals surface area contributed by atoms with Gasteiger partial charge in [-0.05, 0) is 76.3 Å². The summed E-state index contributed by atoms with van der Waals surface area (Å²) in [6.07, 6.45) is 0.439. The van der Waals surface area contributed by atoms with Crippen LogP contribution in [0, 0.1) is 0 Å². The summed E-state index contributed by atoms with van der Waals surface area (Å²) in [6, 6.07) is 13.8. The molecule has 2 aromatic carbocycles. The summed E-state index contributed by atoms with van der Waals surface area (Å²) in [7, 11) is 3.74. The topological polar surface area (TPSA) is 59.0 Å². The molecule has 0 radical (unpaired) electrons. The van der Waals surface area contributed by atoms with Crippen molar-refractivity contribution in [2.75, 3.05) is 14.1 Å². The summed E-state index contributed by atoms with van der Waals surface area (Å²) in [4.78, 5) is 14.1. The molecule has 0 amide bonds. The first kappa shape index (κ1) is 18.8. The van der Waals surface area contributed by atoms with Gasteiger partial charge in [0.05, 0.1) is 6.10 Å². The van der Waals surface area contributed by atoms with Crippen LogP contribution in [0.2, 0.25) is 0 Å². The number of carbonyl (C=O) groups is 1. The smallest absolute Gasteiger partial charge is 0.323 e. The van der Waals surface area contributed by atoms with Crippen molar-refractivity contribution < 1.29 is 19.4 Å². The highest BCUT2D eigenvalue weighted by Crippen LogP contribution is 2.24. The van der Waals surface area contributed by atoms with Crippen LogP contribution in [-0.4, -0.2) is 42.2 Å². The van der Waals surface area contributed by atoms with E-state index in [4.69, 9.17) is 9.47 Å². The van der Waals surface area contributed by atoms with Crippen LogP contribution in [0.3, 0.4) is 0 Å². The predicted molar refractivity (Wildman–Crippen MR) is 97.0 cm³/mol. The Labute approximate surface area is 148 Å². The number of aromatic hydroxyl groups is 1. The van der Waals surface area contributed by atoms with Gasteiger partial charge in [0.2, 0.25) is 0 Å². The van der Waals surface area contributed by atoms with E-state index in [1.54, 1.807) is 24.3 Å². The van der Waals surface area contributed by atoms with Crippen molar-refractivity contribution in [3.63, 3.8) is 0 Å². The summed E-state index contributed by atoms with van der Waals surface area (Å²) >= 11 is 0. The number of hydrogen-bond acceptors (Lipinski definition) is 5. The fourth-order valence-electron chi connectivity index (χ4n) is 2.35. The first-order valence-corrected chi connectivity index (χ1v) is 8.28. The molecule has 0 saturated carbocycles. The molecule has 5 heteroatoms. The van der Waals surface area contributed by atoms with Gasteiger partial charge in [-0.25, -0.2) is 0 Å². The number of rotatable bonds is 7. The molecular formula is C20H25NO4. The minimum Gasteiger partial charge on any atom is -0.508 e. The number of hydrogen-bond donors (Lipinski definition) is 1. The van der Waals surface area contributed by atoms with Crippen LogP contribution in [0.4, 0.5) is 0 Å². The van der Waals surface area contributed by atoms with Crippen LogP contribution >= 0.6 is 0 Å². The molecule has 0 aliphatic carbocycles. The highest BCUT2D eigenvalue weighted by Gasteiger charge is 2.23. The number of phenols is 1. The Hall–Kier alpha value is -2.53. The lowest BCUT2D eigenvalue weighted by molar-refractivity contribution is -0.152. The Bertz CT molecular complexity index is 678.